The summed E-state index contributed by atoms with van der Waals surface area (Å²) in [5.74, 6) is -0.317. The number of halogens is 2. The van der Waals surface area contributed by atoms with Gasteiger partial charge in [0, 0.05) is 10.5 Å². The van der Waals surface area contributed by atoms with Crippen molar-refractivity contribution in [1.82, 2.24) is 4.57 Å². The summed E-state index contributed by atoms with van der Waals surface area (Å²) in [6.45, 7) is 0.344. The molecule has 3 rings (SSSR count). The Labute approximate surface area is 123 Å². The molecule has 0 saturated heterocycles. The van der Waals surface area contributed by atoms with Gasteiger partial charge in [0.25, 0.3) is 5.56 Å². The Balaban J connectivity index is 2.15. The Bertz CT molecular complexity index is 821. The third-order valence-corrected chi connectivity index (χ3v) is 3.62. The van der Waals surface area contributed by atoms with Crippen molar-refractivity contribution in [2.45, 2.75) is 6.54 Å². The van der Waals surface area contributed by atoms with E-state index in [9.17, 15) is 9.18 Å². The van der Waals surface area contributed by atoms with Crippen molar-refractivity contribution < 1.29 is 4.39 Å². The molecule has 0 fully saturated rings. The fourth-order valence-corrected chi connectivity index (χ4v) is 2.80. The number of fused-ring (bicyclic) bond motifs is 1. The standard InChI is InChI=1S/C16H11BrFNO/c17-13-7-11(8-14(18)9-13)10-19-15-4-2-1-3-12(15)5-6-16(19)20/h1-9H,10H2. The molecule has 0 radical (unpaired) electrons. The van der Waals surface area contributed by atoms with Crippen molar-refractivity contribution in [3.8, 4) is 0 Å². The van der Waals surface area contributed by atoms with Crippen molar-refractivity contribution in [2.24, 2.45) is 0 Å². The van der Waals surface area contributed by atoms with Crippen LogP contribution in [0.4, 0.5) is 4.39 Å². The second kappa shape index (κ2) is 5.21. The van der Waals surface area contributed by atoms with Gasteiger partial charge in [-0.3, -0.25) is 4.79 Å². The number of aromatic nitrogens is 1. The summed E-state index contributed by atoms with van der Waals surface area (Å²) in [5, 5.41) is 0.988. The Morgan fingerprint density at radius 3 is 2.65 bits per heavy atom. The first-order valence-electron chi connectivity index (χ1n) is 6.17. The smallest absolute Gasteiger partial charge is 0.251 e. The molecule has 1 aromatic heterocycles. The van der Waals surface area contributed by atoms with Crippen LogP contribution in [0, 0.1) is 5.82 Å². The molecule has 0 atom stereocenters. The number of hydrogen-bond acceptors (Lipinski definition) is 1. The van der Waals surface area contributed by atoms with E-state index in [1.807, 2.05) is 30.3 Å². The lowest BCUT2D eigenvalue weighted by Gasteiger charge is -2.10. The van der Waals surface area contributed by atoms with Gasteiger partial charge in [0.05, 0.1) is 12.1 Å². The second-order valence-corrected chi connectivity index (χ2v) is 5.51. The van der Waals surface area contributed by atoms with Gasteiger partial charge < -0.3 is 4.57 Å². The normalized spacial score (nSPS) is 10.9. The van der Waals surface area contributed by atoms with Crippen molar-refractivity contribution in [1.29, 1.82) is 0 Å². The van der Waals surface area contributed by atoms with Gasteiger partial charge in [0.15, 0.2) is 0 Å². The van der Waals surface area contributed by atoms with E-state index in [-0.39, 0.29) is 11.4 Å². The highest BCUT2D eigenvalue weighted by Gasteiger charge is 2.05. The van der Waals surface area contributed by atoms with Crippen molar-refractivity contribution in [3.05, 3.63) is 80.8 Å². The number of pyridine rings is 1. The van der Waals surface area contributed by atoms with E-state index in [1.54, 1.807) is 10.6 Å². The molecule has 3 aromatic rings. The number of nitrogens with zero attached hydrogens (tertiary/aromatic N) is 1. The molecule has 2 nitrogen and oxygen atoms in total. The summed E-state index contributed by atoms with van der Waals surface area (Å²) in [7, 11) is 0. The summed E-state index contributed by atoms with van der Waals surface area (Å²) in [6, 6.07) is 15.7. The van der Waals surface area contributed by atoms with Gasteiger partial charge in [-0.05, 0) is 41.3 Å². The van der Waals surface area contributed by atoms with Crippen LogP contribution in [-0.4, -0.2) is 4.57 Å². The molecule has 20 heavy (non-hydrogen) atoms. The highest BCUT2D eigenvalue weighted by Crippen LogP contribution is 2.17. The van der Waals surface area contributed by atoms with E-state index in [0.717, 1.165) is 16.5 Å². The fraction of sp³-hybridized carbons (Fsp3) is 0.0625. The van der Waals surface area contributed by atoms with Gasteiger partial charge in [-0.2, -0.15) is 0 Å². The summed E-state index contributed by atoms with van der Waals surface area (Å²) in [6.07, 6.45) is 0. The van der Waals surface area contributed by atoms with Crippen LogP contribution >= 0.6 is 15.9 Å². The number of benzene rings is 2. The third-order valence-electron chi connectivity index (χ3n) is 3.16. The van der Waals surface area contributed by atoms with Crippen LogP contribution in [0.2, 0.25) is 0 Å². The summed E-state index contributed by atoms with van der Waals surface area (Å²) in [4.78, 5) is 12.1. The highest BCUT2D eigenvalue weighted by atomic mass is 79.9. The SMILES string of the molecule is O=c1ccc2ccccc2n1Cc1cc(F)cc(Br)c1. The van der Waals surface area contributed by atoms with Crippen molar-refractivity contribution in [2.75, 3.05) is 0 Å². The molecule has 1 heterocycles. The summed E-state index contributed by atoms with van der Waals surface area (Å²) in [5.41, 5.74) is 1.50. The topological polar surface area (TPSA) is 22.0 Å². The van der Waals surface area contributed by atoms with Crippen LogP contribution in [-0.2, 0) is 6.54 Å². The monoisotopic (exact) mass is 331 g/mol. The number of para-hydroxylation sites is 1. The van der Waals surface area contributed by atoms with Gasteiger partial charge in [0.1, 0.15) is 5.82 Å². The molecule has 0 saturated carbocycles. The molecule has 0 aliphatic rings. The van der Waals surface area contributed by atoms with Crippen LogP contribution in [0.3, 0.4) is 0 Å². The Kier molecular flexibility index (Phi) is 3.40. The fourth-order valence-electron chi connectivity index (χ4n) is 2.29. The van der Waals surface area contributed by atoms with Gasteiger partial charge in [-0.15, -0.1) is 0 Å². The molecule has 100 valence electrons. The average Bonchev–Trinajstić information content (AvgIpc) is 2.41. The first-order chi connectivity index (χ1) is 9.63. The molecule has 0 aliphatic carbocycles. The second-order valence-electron chi connectivity index (χ2n) is 4.59. The summed E-state index contributed by atoms with van der Waals surface area (Å²) >= 11 is 3.27. The molecule has 0 aliphatic heterocycles. The molecule has 0 bridgehead atoms. The van der Waals surface area contributed by atoms with Crippen molar-refractivity contribution in [3.63, 3.8) is 0 Å². The van der Waals surface area contributed by atoms with E-state index in [2.05, 4.69) is 15.9 Å². The van der Waals surface area contributed by atoms with Gasteiger partial charge in [-0.25, -0.2) is 4.39 Å². The van der Waals surface area contributed by atoms with E-state index in [4.69, 9.17) is 0 Å². The van der Waals surface area contributed by atoms with E-state index >= 15 is 0 Å². The predicted octanol–water partition coefficient (Wildman–Crippen LogP) is 3.95. The predicted molar refractivity (Wildman–Crippen MR) is 81.4 cm³/mol. The molecule has 0 unspecified atom stereocenters. The molecule has 2 aromatic carbocycles. The minimum Gasteiger partial charge on any atom is -0.304 e. The van der Waals surface area contributed by atoms with Crippen molar-refractivity contribution >= 4 is 26.8 Å². The molecular weight excluding hydrogens is 321 g/mol. The molecule has 0 spiro atoms. The average molecular weight is 332 g/mol. The minimum atomic E-state index is -0.317. The molecule has 4 heteroatoms. The zero-order valence-electron chi connectivity index (χ0n) is 10.5. The zero-order valence-corrected chi connectivity index (χ0v) is 12.1. The van der Waals surface area contributed by atoms with E-state index in [0.29, 0.717) is 11.0 Å². The first-order valence-corrected chi connectivity index (χ1v) is 6.96. The van der Waals surface area contributed by atoms with Gasteiger partial charge >= 0.3 is 0 Å². The lowest BCUT2D eigenvalue weighted by Crippen LogP contribution is -2.19. The van der Waals surface area contributed by atoms with Crippen LogP contribution < -0.4 is 5.56 Å². The maximum absolute atomic E-state index is 13.4. The number of hydrogen-bond donors (Lipinski definition) is 0. The van der Waals surface area contributed by atoms with E-state index in [1.165, 1.54) is 18.2 Å². The van der Waals surface area contributed by atoms with Crippen LogP contribution in [0.5, 0.6) is 0 Å². The zero-order chi connectivity index (χ0) is 14.1. The highest BCUT2D eigenvalue weighted by molar-refractivity contribution is 9.10. The van der Waals surface area contributed by atoms with Gasteiger partial charge in [-0.1, -0.05) is 34.1 Å². The maximum atomic E-state index is 13.4. The first kappa shape index (κ1) is 13.1. The Hall–Kier alpha value is -1.94. The third kappa shape index (κ3) is 2.51. The quantitative estimate of drug-likeness (QED) is 0.696. The minimum absolute atomic E-state index is 0.0934. The largest absolute Gasteiger partial charge is 0.304 e. The Morgan fingerprint density at radius 2 is 1.85 bits per heavy atom. The Morgan fingerprint density at radius 1 is 1.05 bits per heavy atom. The lowest BCUT2D eigenvalue weighted by molar-refractivity contribution is 0.622. The lowest BCUT2D eigenvalue weighted by atomic mass is 10.2. The molecular formula is C16H11BrFNO. The maximum Gasteiger partial charge on any atom is 0.251 e. The molecule has 0 N–H and O–H groups in total. The molecule has 0 amide bonds. The van der Waals surface area contributed by atoms with Crippen LogP contribution in [0.1, 0.15) is 5.56 Å². The van der Waals surface area contributed by atoms with E-state index < -0.39 is 0 Å². The van der Waals surface area contributed by atoms with Crippen LogP contribution in [0.15, 0.2) is 63.9 Å². The number of rotatable bonds is 2. The van der Waals surface area contributed by atoms with Gasteiger partial charge in [0.2, 0.25) is 0 Å². The summed E-state index contributed by atoms with van der Waals surface area (Å²) < 4.78 is 15.7. The van der Waals surface area contributed by atoms with Crippen LogP contribution in [0.25, 0.3) is 10.9 Å².